The standard InChI is InChI=1S/C13H20O4/c1-9(14)7-8-13(3)11(16)5-4-6-12(13)17-10(2)15/h12H,4-8H2,1-3H3/t12-,13+/m1/s1. The van der Waals surface area contributed by atoms with Crippen LogP contribution in [0, 0.1) is 5.41 Å². The normalized spacial score (nSPS) is 28.9. The summed E-state index contributed by atoms with van der Waals surface area (Å²) in [7, 11) is 0. The summed E-state index contributed by atoms with van der Waals surface area (Å²) in [4.78, 5) is 34.1. The molecule has 0 N–H and O–H groups in total. The molecule has 4 nitrogen and oxygen atoms in total. The Morgan fingerprint density at radius 3 is 2.59 bits per heavy atom. The molecule has 17 heavy (non-hydrogen) atoms. The van der Waals surface area contributed by atoms with E-state index in [2.05, 4.69) is 0 Å². The fourth-order valence-electron chi connectivity index (χ4n) is 2.36. The van der Waals surface area contributed by atoms with Crippen LogP contribution in [-0.2, 0) is 19.1 Å². The van der Waals surface area contributed by atoms with E-state index < -0.39 is 5.41 Å². The Morgan fingerprint density at radius 2 is 2.06 bits per heavy atom. The number of Topliss-reactive ketones (excluding diaryl/α,β-unsaturated/α-hetero) is 2. The highest BCUT2D eigenvalue weighted by molar-refractivity contribution is 5.87. The van der Waals surface area contributed by atoms with Gasteiger partial charge in [-0.1, -0.05) is 0 Å². The van der Waals surface area contributed by atoms with Gasteiger partial charge in [-0.15, -0.1) is 0 Å². The van der Waals surface area contributed by atoms with Crippen molar-refractivity contribution in [3.05, 3.63) is 0 Å². The van der Waals surface area contributed by atoms with Crippen LogP contribution in [0.3, 0.4) is 0 Å². The third-order valence-corrected chi connectivity index (χ3v) is 3.52. The average molecular weight is 240 g/mol. The molecule has 2 atom stereocenters. The van der Waals surface area contributed by atoms with Gasteiger partial charge < -0.3 is 9.53 Å². The lowest BCUT2D eigenvalue weighted by molar-refractivity contribution is -0.161. The molecule has 0 amide bonds. The Bertz CT molecular complexity index is 334. The molecule has 0 aromatic rings. The maximum atomic E-state index is 12.0. The van der Waals surface area contributed by atoms with Crippen LogP contribution >= 0.6 is 0 Å². The van der Waals surface area contributed by atoms with Crippen LogP contribution in [0.2, 0.25) is 0 Å². The van der Waals surface area contributed by atoms with Crippen LogP contribution in [0.4, 0.5) is 0 Å². The number of ether oxygens (including phenoxy) is 1. The molecule has 0 heterocycles. The second-order valence-corrected chi connectivity index (χ2v) is 5.03. The average Bonchev–Trinajstić information content (AvgIpc) is 2.22. The van der Waals surface area contributed by atoms with Crippen molar-refractivity contribution in [2.24, 2.45) is 5.41 Å². The van der Waals surface area contributed by atoms with E-state index in [1.807, 2.05) is 6.92 Å². The van der Waals surface area contributed by atoms with E-state index in [1.165, 1.54) is 13.8 Å². The molecule has 1 aliphatic carbocycles. The van der Waals surface area contributed by atoms with Crippen molar-refractivity contribution in [3.63, 3.8) is 0 Å². The first-order valence-corrected chi connectivity index (χ1v) is 6.06. The largest absolute Gasteiger partial charge is 0.462 e. The van der Waals surface area contributed by atoms with E-state index in [0.29, 0.717) is 25.7 Å². The lowest BCUT2D eigenvalue weighted by Gasteiger charge is -2.39. The molecule has 0 unspecified atom stereocenters. The Morgan fingerprint density at radius 1 is 1.41 bits per heavy atom. The van der Waals surface area contributed by atoms with E-state index in [9.17, 15) is 14.4 Å². The topological polar surface area (TPSA) is 60.4 Å². The molecule has 1 saturated carbocycles. The van der Waals surface area contributed by atoms with Crippen LogP contribution in [0.25, 0.3) is 0 Å². The van der Waals surface area contributed by atoms with Crippen LogP contribution in [-0.4, -0.2) is 23.6 Å². The first kappa shape index (κ1) is 13.9. The molecule has 96 valence electrons. The number of carbonyl (C=O) groups is 3. The van der Waals surface area contributed by atoms with Crippen molar-refractivity contribution in [2.45, 2.75) is 59.0 Å². The van der Waals surface area contributed by atoms with Crippen molar-refractivity contribution >= 4 is 17.5 Å². The van der Waals surface area contributed by atoms with Crippen molar-refractivity contribution < 1.29 is 19.1 Å². The quantitative estimate of drug-likeness (QED) is 0.705. The van der Waals surface area contributed by atoms with Crippen molar-refractivity contribution in [1.29, 1.82) is 0 Å². The second-order valence-electron chi connectivity index (χ2n) is 5.03. The molecule has 0 aromatic heterocycles. The van der Waals surface area contributed by atoms with E-state index in [1.54, 1.807) is 0 Å². The van der Waals surface area contributed by atoms with Gasteiger partial charge in [0.2, 0.25) is 0 Å². The first-order valence-electron chi connectivity index (χ1n) is 6.06. The van der Waals surface area contributed by atoms with Crippen molar-refractivity contribution in [2.75, 3.05) is 0 Å². The highest BCUT2D eigenvalue weighted by atomic mass is 16.5. The number of hydrogen-bond donors (Lipinski definition) is 0. The number of carbonyl (C=O) groups excluding carboxylic acids is 3. The molecular formula is C13H20O4. The van der Waals surface area contributed by atoms with Crippen LogP contribution in [0.1, 0.15) is 52.9 Å². The highest BCUT2D eigenvalue weighted by Crippen LogP contribution is 2.39. The zero-order valence-corrected chi connectivity index (χ0v) is 10.7. The SMILES string of the molecule is CC(=O)CC[C@@]1(C)C(=O)CCC[C@H]1OC(C)=O. The van der Waals surface area contributed by atoms with Gasteiger partial charge in [-0.25, -0.2) is 0 Å². The van der Waals surface area contributed by atoms with Gasteiger partial charge in [0.05, 0.1) is 5.41 Å². The lowest BCUT2D eigenvalue weighted by atomic mass is 9.69. The van der Waals surface area contributed by atoms with E-state index >= 15 is 0 Å². The fraction of sp³-hybridized carbons (Fsp3) is 0.769. The maximum absolute atomic E-state index is 12.0. The van der Waals surface area contributed by atoms with E-state index in [-0.39, 0.29) is 23.6 Å². The molecule has 0 saturated heterocycles. The minimum Gasteiger partial charge on any atom is -0.462 e. The zero-order chi connectivity index (χ0) is 13.1. The second kappa shape index (κ2) is 5.43. The monoisotopic (exact) mass is 240 g/mol. The summed E-state index contributed by atoms with van der Waals surface area (Å²) in [5.74, 6) is -0.193. The van der Waals surface area contributed by atoms with Gasteiger partial charge in [0.25, 0.3) is 0 Å². The molecule has 4 heteroatoms. The van der Waals surface area contributed by atoms with Gasteiger partial charge in [-0.3, -0.25) is 9.59 Å². The van der Waals surface area contributed by atoms with Crippen LogP contribution < -0.4 is 0 Å². The van der Waals surface area contributed by atoms with Crippen LogP contribution in [0.5, 0.6) is 0 Å². The predicted molar refractivity (Wildman–Crippen MR) is 62.4 cm³/mol. The summed E-state index contributed by atoms with van der Waals surface area (Å²) < 4.78 is 5.24. The van der Waals surface area contributed by atoms with E-state index in [4.69, 9.17) is 4.74 Å². The number of rotatable bonds is 4. The lowest BCUT2D eigenvalue weighted by Crippen LogP contribution is -2.45. The Hall–Kier alpha value is -1.19. The minimum absolute atomic E-state index is 0.0613. The molecule has 0 aliphatic heterocycles. The molecule has 0 spiro atoms. The number of hydrogen-bond acceptors (Lipinski definition) is 4. The Balaban J connectivity index is 2.80. The Labute approximate surface area is 102 Å². The molecule has 1 rings (SSSR count). The van der Waals surface area contributed by atoms with Crippen molar-refractivity contribution in [1.82, 2.24) is 0 Å². The number of ketones is 2. The van der Waals surface area contributed by atoms with Gasteiger partial charge in [0.1, 0.15) is 17.7 Å². The summed E-state index contributed by atoms with van der Waals surface area (Å²) >= 11 is 0. The summed E-state index contributed by atoms with van der Waals surface area (Å²) in [6.07, 6.45) is 2.44. The summed E-state index contributed by atoms with van der Waals surface area (Å²) in [6, 6.07) is 0. The predicted octanol–water partition coefficient (Wildman–Crippen LogP) is 2.05. The third-order valence-electron chi connectivity index (χ3n) is 3.52. The first-order chi connectivity index (χ1) is 7.86. The molecule has 0 radical (unpaired) electrons. The summed E-state index contributed by atoms with van der Waals surface area (Å²) in [5, 5.41) is 0. The molecule has 1 fully saturated rings. The van der Waals surface area contributed by atoms with Gasteiger partial charge >= 0.3 is 5.97 Å². The summed E-state index contributed by atoms with van der Waals surface area (Å²) in [5.41, 5.74) is -0.685. The molecule has 0 bridgehead atoms. The number of esters is 1. The highest BCUT2D eigenvalue weighted by Gasteiger charge is 2.45. The fourth-order valence-corrected chi connectivity index (χ4v) is 2.36. The van der Waals surface area contributed by atoms with Gasteiger partial charge in [-0.05, 0) is 33.1 Å². The smallest absolute Gasteiger partial charge is 0.302 e. The van der Waals surface area contributed by atoms with Crippen LogP contribution in [0.15, 0.2) is 0 Å². The molecular weight excluding hydrogens is 220 g/mol. The van der Waals surface area contributed by atoms with Gasteiger partial charge in [0.15, 0.2) is 0 Å². The van der Waals surface area contributed by atoms with Crippen molar-refractivity contribution in [3.8, 4) is 0 Å². The molecule has 1 aliphatic rings. The van der Waals surface area contributed by atoms with Gasteiger partial charge in [0, 0.05) is 19.8 Å². The Kier molecular flexibility index (Phi) is 4.43. The van der Waals surface area contributed by atoms with E-state index in [0.717, 1.165) is 6.42 Å². The maximum Gasteiger partial charge on any atom is 0.302 e. The summed E-state index contributed by atoms with van der Waals surface area (Å²) in [6.45, 7) is 4.67. The third kappa shape index (κ3) is 3.38. The molecule has 0 aromatic carbocycles. The minimum atomic E-state index is -0.685. The zero-order valence-electron chi connectivity index (χ0n) is 10.7. The van der Waals surface area contributed by atoms with Gasteiger partial charge in [-0.2, -0.15) is 0 Å².